The average Bonchev–Trinajstić information content (AvgIpc) is 2.25. The molecule has 0 spiro atoms. The van der Waals surface area contributed by atoms with Crippen LogP contribution >= 0.6 is 23.2 Å². The van der Waals surface area contributed by atoms with Gasteiger partial charge in [-0.3, -0.25) is 0 Å². The molecule has 0 saturated carbocycles. The van der Waals surface area contributed by atoms with Crippen LogP contribution in [0.2, 0.25) is 0 Å². The van der Waals surface area contributed by atoms with Gasteiger partial charge < -0.3 is 9.47 Å². The minimum absolute atomic E-state index is 0.213. The SMILES string of the molecule is COc1c(C)cc(OCC=C(Cl)Cl)c(C)c1C. The molecule has 1 rings (SSSR count). The number of hydrogen-bond acceptors (Lipinski definition) is 2. The maximum absolute atomic E-state index is 5.61. The third-order valence-electron chi connectivity index (χ3n) is 2.66. The maximum Gasteiger partial charge on any atom is 0.125 e. The van der Waals surface area contributed by atoms with Crippen molar-refractivity contribution in [3.8, 4) is 11.5 Å². The van der Waals surface area contributed by atoms with Crippen LogP contribution in [0.25, 0.3) is 0 Å². The van der Waals surface area contributed by atoms with E-state index in [2.05, 4.69) is 0 Å². The Kier molecular flexibility index (Phi) is 5.16. The Bertz CT molecular complexity index is 436. The minimum atomic E-state index is 0.213. The first-order chi connectivity index (χ1) is 7.97. The largest absolute Gasteiger partial charge is 0.496 e. The molecule has 0 amide bonds. The van der Waals surface area contributed by atoms with Gasteiger partial charge in [-0.05, 0) is 49.6 Å². The zero-order chi connectivity index (χ0) is 13.0. The van der Waals surface area contributed by atoms with Crippen LogP contribution in [0.1, 0.15) is 16.7 Å². The van der Waals surface area contributed by atoms with Crippen molar-refractivity contribution in [2.24, 2.45) is 0 Å². The number of ether oxygens (including phenoxy) is 2. The number of aryl methyl sites for hydroxylation is 1. The van der Waals surface area contributed by atoms with E-state index in [0.29, 0.717) is 6.61 Å². The Morgan fingerprint density at radius 2 is 1.88 bits per heavy atom. The van der Waals surface area contributed by atoms with E-state index in [1.54, 1.807) is 13.2 Å². The Hall–Kier alpha value is -0.860. The fraction of sp³-hybridized carbons (Fsp3) is 0.385. The quantitative estimate of drug-likeness (QED) is 0.814. The molecule has 0 atom stereocenters. The van der Waals surface area contributed by atoms with Crippen molar-refractivity contribution >= 4 is 23.2 Å². The lowest BCUT2D eigenvalue weighted by molar-refractivity contribution is 0.356. The summed E-state index contributed by atoms with van der Waals surface area (Å²) in [5.41, 5.74) is 3.20. The van der Waals surface area contributed by atoms with Crippen molar-refractivity contribution in [2.75, 3.05) is 13.7 Å². The fourth-order valence-electron chi connectivity index (χ4n) is 1.68. The molecule has 1 aromatic carbocycles. The van der Waals surface area contributed by atoms with Crippen molar-refractivity contribution in [1.82, 2.24) is 0 Å². The van der Waals surface area contributed by atoms with Crippen LogP contribution in [0.4, 0.5) is 0 Å². The van der Waals surface area contributed by atoms with Gasteiger partial charge in [-0.15, -0.1) is 0 Å². The molecule has 0 radical (unpaired) electrons. The topological polar surface area (TPSA) is 18.5 Å². The van der Waals surface area contributed by atoms with Crippen molar-refractivity contribution in [2.45, 2.75) is 20.8 Å². The van der Waals surface area contributed by atoms with E-state index in [-0.39, 0.29) is 4.49 Å². The van der Waals surface area contributed by atoms with E-state index < -0.39 is 0 Å². The van der Waals surface area contributed by atoms with Crippen LogP contribution in [0, 0.1) is 20.8 Å². The molecular weight excluding hydrogens is 259 g/mol. The number of methoxy groups -OCH3 is 1. The predicted octanol–water partition coefficient (Wildman–Crippen LogP) is 4.32. The molecule has 2 nitrogen and oxygen atoms in total. The highest BCUT2D eigenvalue weighted by Crippen LogP contribution is 2.32. The standard InChI is InChI=1S/C13H16Cl2O2/c1-8-7-11(17-6-5-12(14)15)9(2)10(3)13(8)16-4/h5,7H,6H2,1-4H3. The second kappa shape index (κ2) is 6.18. The van der Waals surface area contributed by atoms with E-state index in [4.69, 9.17) is 32.7 Å². The highest BCUT2D eigenvalue weighted by Gasteiger charge is 2.11. The van der Waals surface area contributed by atoms with Crippen LogP contribution in [0.5, 0.6) is 11.5 Å². The first kappa shape index (κ1) is 14.2. The average molecular weight is 275 g/mol. The lowest BCUT2D eigenvalue weighted by atomic mass is 10.0. The van der Waals surface area contributed by atoms with Crippen LogP contribution in [-0.2, 0) is 0 Å². The highest BCUT2D eigenvalue weighted by atomic mass is 35.5. The summed E-state index contributed by atoms with van der Waals surface area (Å²) in [5, 5.41) is 0. The zero-order valence-electron chi connectivity index (χ0n) is 10.4. The maximum atomic E-state index is 5.61. The molecule has 4 heteroatoms. The summed E-state index contributed by atoms with van der Waals surface area (Å²) in [4.78, 5) is 0. The van der Waals surface area contributed by atoms with Crippen LogP contribution < -0.4 is 9.47 Å². The Balaban J connectivity index is 2.98. The van der Waals surface area contributed by atoms with Gasteiger partial charge in [0.2, 0.25) is 0 Å². The van der Waals surface area contributed by atoms with E-state index >= 15 is 0 Å². The molecule has 1 aromatic rings. The van der Waals surface area contributed by atoms with Gasteiger partial charge in [0.15, 0.2) is 0 Å². The summed E-state index contributed by atoms with van der Waals surface area (Å²) in [6.45, 7) is 6.36. The highest BCUT2D eigenvalue weighted by molar-refractivity contribution is 6.55. The smallest absolute Gasteiger partial charge is 0.125 e. The molecule has 94 valence electrons. The fourth-order valence-corrected chi connectivity index (χ4v) is 1.81. The second-order valence-corrected chi connectivity index (χ2v) is 4.79. The number of hydrogen-bond donors (Lipinski definition) is 0. The Morgan fingerprint density at radius 3 is 2.41 bits per heavy atom. The second-order valence-electron chi connectivity index (χ2n) is 3.78. The number of halogens is 2. The summed E-state index contributed by atoms with van der Waals surface area (Å²) in [6, 6.07) is 1.96. The van der Waals surface area contributed by atoms with E-state index in [9.17, 15) is 0 Å². The van der Waals surface area contributed by atoms with Gasteiger partial charge in [-0.25, -0.2) is 0 Å². The van der Waals surface area contributed by atoms with Gasteiger partial charge in [0.25, 0.3) is 0 Å². The normalized spacial score (nSPS) is 10.0. The lowest BCUT2D eigenvalue weighted by Gasteiger charge is -2.15. The van der Waals surface area contributed by atoms with Gasteiger partial charge >= 0.3 is 0 Å². The summed E-state index contributed by atoms with van der Waals surface area (Å²) in [6.07, 6.45) is 1.61. The van der Waals surface area contributed by atoms with E-state index in [1.165, 1.54) is 0 Å². The first-order valence-electron chi connectivity index (χ1n) is 5.26. The van der Waals surface area contributed by atoms with Gasteiger partial charge in [-0.1, -0.05) is 23.2 Å². The Morgan fingerprint density at radius 1 is 1.24 bits per heavy atom. The predicted molar refractivity (Wildman–Crippen MR) is 72.5 cm³/mol. The third kappa shape index (κ3) is 3.55. The summed E-state index contributed by atoms with van der Waals surface area (Å²) in [7, 11) is 1.67. The van der Waals surface area contributed by atoms with Crippen LogP contribution in [0.3, 0.4) is 0 Å². The molecule has 0 N–H and O–H groups in total. The Labute approximate surface area is 112 Å². The zero-order valence-corrected chi connectivity index (χ0v) is 11.9. The molecule has 0 heterocycles. The minimum Gasteiger partial charge on any atom is -0.496 e. The summed E-state index contributed by atoms with van der Waals surface area (Å²) < 4.78 is 11.2. The molecule has 0 aromatic heterocycles. The molecule has 0 fully saturated rings. The summed E-state index contributed by atoms with van der Waals surface area (Å²) >= 11 is 11.0. The molecule has 0 aliphatic rings. The van der Waals surface area contributed by atoms with Crippen molar-refractivity contribution in [3.05, 3.63) is 33.3 Å². The molecular formula is C13H16Cl2O2. The van der Waals surface area contributed by atoms with Gasteiger partial charge in [0.1, 0.15) is 22.6 Å². The lowest BCUT2D eigenvalue weighted by Crippen LogP contribution is -2.00. The third-order valence-corrected chi connectivity index (χ3v) is 2.97. The first-order valence-corrected chi connectivity index (χ1v) is 6.01. The van der Waals surface area contributed by atoms with E-state index in [0.717, 1.165) is 28.2 Å². The molecule has 0 aliphatic carbocycles. The number of benzene rings is 1. The summed E-state index contributed by atoms with van der Waals surface area (Å²) in [5.74, 6) is 1.73. The van der Waals surface area contributed by atoms with Crippen molar-refractivity contribution in [1.29, 1.82) is 0 Å². The van der Waals surface area contributed by atoms with Crippen LogP contribution in [0.15, 0.2) is 16.6 Å². The van der Waals surface area contributed by atoms with Gasteiger partial charge in [0.05, 0.1) is 7.11 Å². The molecule has 17 heavy (non-hydrogen) atoms. The molecule has 0 unspecified atom stereocenters. The van der Waals surface area contributed by atoms with Gasteiger partial charge in [0, 0.05) is 0 Å². The van der Waals surface area contributed by atoms with E-state index in [1.807, 2.05) is 26.8 Å². The molecule has 0 bridgehead atoms. The van der Waals surface area contributed by atoms with Gasteiger partial charge in [-0.2, -0.15) is 0 Å². The number of rotatable bonds is 4. The van der Waals surface area contributed by atoms with Crippen molar-refractivity contribution in [3.63, 3.8) is 0 Å². The monoisotopic (exact) mass is 274 g/mol. The van der Waals surface area contributed by atoms with Crippen molar-refractivity contribution < 1.29 is 9.47 Å². The molecule has 0 aliphatic heterocycles. The molecule has 0 saturated heterocycles. The van der Waals surface area contributed by atoms with Crippen LogP contribution in [-0.4, -0.2) is 13.7 Å².